The van der Waals surface area contributed by atoms with Crippen LogP contribution in [-0.4, -0.2) is 33.5 Å². The third-order valence-electron chi connectivity index (χ3n) is 4.59. The van der Waals surface area contributed by atoms with E-state index in [0.29, 0.717) is 13.1 Å². The van der Waals surface area contributed by atoms with Crippen molar-refractivity contribution in [1.29, 1.82) is 0 Å². The highest BCUT2D eigenvalue weighted by Crippen LogP contribution is 2.17. The number of methoxy groups -OCH3 is 1. The average Bonchev–Trinajstić information content (AvgIpc) is 3.12. The molecular weight excluding hydrogens is 357 g/mol. The summed E-state index contributed by atoms with van der Waals surface area (Å²) in [6.07, 6.45) is 3.59. The van der Waals surface area contributed by atoms with E-state index in [9.17, 15) is 9.18 Å². The first-order chi connectivity index (χ1) is 13.5. The first-order valence-electron chi connectivity index (χ1n) is 9.18. The van der Waals surface area contributed by atoms with Crippen molar-refractivity contribution in [2.75, 3.05) is 7.11 Å². The molecule has 0 unspecified atom stereocenters. The van der Waals surface area contributed by atoms with Crippen LogP contribution in [0.3, 0.4) is 0 Å². The molecular formula is C22H24FN3O2. The topological polar surface area (TPSA) is 47.4 Å². The summed E-state index contributed by atoms with van der Waals surface area (Å²) in [5, 5.41) is 0. The van der Waals surface area contributed by atoms with Gasteiger partial charge in [0.2, 0.25) is 0 Å². The van der Waals surface area contributed by atoms with Crippen molar-refractivity contribution in [2.24, 2.45) is 0 Å². The third-order valence-corrected chi connectivity index (χ3v) is 4.59. The molecule has 0 spiro atoms. The van der Waals surface area contributed by atoms with Crippen LogP contribution in [0.25, 0.3) is 0 Å². The molecule has 3 rings (SSSR count). The Kier molecular flexibility index (Phi) is 6.09. The Labute approximate surface area is 164 Å². The van der Waals surface area contributed by atoms with Crippen LogP contribution in [-0.2, 0) is 13.1 Å². The number of carbonyl (C=O) groups excluding carboxylic acids is 1. The smallest absolute Gasteiger partial charge is 0.257 e. The first-order valence-corrected chi connectivity index (χ1v) is 9.18. The van der Waals surface area contributed by atoms with E-state index in [1.807, 2.05) is 48.9 Å². The molecule has 0 aliphatic heterocycles. The molecule has 0 aliphatic rings. The number of ether oxygens (including phenoxy) is 1. The lowest BCUT2D eigenvalue weighted by molar-refractivity contribution is 0.0678. The lowest BCUT2D eigenvalue weighted by Crippen LogP contribution is -2.37. The van der Waals surface area contributed by atoms with E-state index in [1.165, 1.54) is 12.1 Å². The minimum absolute atomic E-state index is 0.0714. The highest BCUT2D eigenvalue weighted by Gasteiger charge is 2.23. The molecule has 0 radical (unpaired) electrons. The zero-order valence-electron chi connectivity index (χ0n) is 16.3. The molecule has 2 aromatic carbocycles. The summed E-state index contributed by atoms with van der Waals surface area (Å²) >= 11 is 0. The van der Waals surface area contributed by atoms with Gasteiger partial charge in [0.15, 0.2) is 0 Å². The van der Waals surface area contributed by atoms with Crippen molar-refractivity contribution in [3.8, 4) is 5.75 Å². The Morgan fingerprint density at radius 1 is 1.21 bits per heavy atom. The van der Waals surface area contributed by atoms with Gasteiger partial charge in [-0.2, -0.15) is 0 Å². The first kappa shape index (κ1) is 19.6. The highest BCUT2D eigenvalue weighted by atomic mass is 19.1. The van der Waals surface area contributed by atoms with Gasteiger partial charge in [-0.1, -0.05) is 24.3 Å². The number of aromatic nitrogens is 2. The minimum Gasteiger partial charge on any atom is -0.497 e. The van der Waals surface area contributed by atoms with Gasteiger partial charge in [0.1, 0.15) is 17.4 Å². The van der Waals surface area contributed by atoms with Crippen molar-refractivity contribution in [1.82, 2.24) is 14.5 Å². The second-order valence-electron chi connectivity index (χ2n) is 6.83. The summed E-state index contributed by atoms with van der Waals surface area (Å²) in [5.41, 5.74) is 1.14. The molecule has 0 N–H and O–H groups in total. The lowest BCUT2D eigenvalue weighted by Gasteiger charge is -2.27. The van der Waals surface area contributed by atoms with Gasteiger partial charge in [0, 0.05) is 25.0 Å². The molecule has 146 valence electrons. The molecule has 1 amide bonds. The number of hydrogen-bond acceptors (Lipinski definition) is 3. The van der Waals surface area contributed by atoms with Crippen molar-refractivity contribution in [3.05, 3.63) is 83.7 Å². The van der Waals surface area contributed by atoms with E-state index in [-0.39, 0.29) is 17.5 Å². The lowest BCUT2D eigenvalue weighted by atomic mass is 10.1. The van der Waals surface area contributed by atoms with Crippen LogP contribution in [0.5, 0.6) is 5.75 Å². The fraction of sp³-hybridized carbons (Fsp3) is 0.273. The maximum atomic E-state index is 14.1. The fourth-order valence-electron chi connectivity index (χ4n) is 3.03. The summed E-state index contributed by atoms with van der Waals surface area (Å²) in [6, 6.07) is 13.8. The molecule has 3 aromatic rings. The van der Waals surface area contributed by atoms with E-state index >= 15 is 0 Å². The minimum atomic E-state index is -0.516. The van der Waals surface area contributed by atoms with Crippen LogP contribution in [0.2, 0.25) is 0 Å². The van der Waals surface area contributed by atoms with Gasteiger partial charge < -0.3 is 14.2 Å². The van der Waals surface area contributed by atoms with Crippen molar-refractivity contribution >= 4 is 5.91 Å². The summed E-state index contributed by atoms with van der Waals surface area (Å²) in [6.45, 7) is 4.72. The number of hydrogen-bond donors (Lipinski definition) is 0. The van der Waals surface area contributed by atoms with Crippen molar-refractivity contribution in [3.63, 3.8) is 0 Å². The normalized spacial score (nSPS) is 10.9. The van der Waals surface area contributed by atoms with Crippen LogP contribution in [0, 0.1) is 5.82 Å². The van der Waals surface area contributed by atoms with Gasteiger partial charge in [-0.25, -0.2) is 9.37 Å². The largest absolute Gasteiger partial charge is 0.497 e. The van der Waals surface area contributed by atoms with E-state index in [1.54, 1.807) is 30.3 Å². The molecule has 0 saturated heterocycles. The second-order valence-corrected chi connectivity index (χ2v) is 6.83. The monoisotopic (exact) mass is 381 g/mol. The second kappa shape index (κ2) is 8.69. The van der Waals surface area contributed by atoms with E-state index in [4.69, 9.17) is 4.74 Å². The molecule has 0 bridgehead atoms. The summed E-state index contributed by atoms with van der Waals surface area (Å²) in [4.78, 5) is 19.0. The predicted molar refractivity (Wildman–Crippen MR) is 106 cm³/mol. The molecule has 28 heavy (non-hydrogen) atoms. The zero-order valence-corrected chi connectivity index (χ0v) is 16.3. The van der Waals surface area contributed by atoms with Crippen LogP contribution in [0.4, 0.5) is 4.39 Å². The quantitative estimate of drug-likeness (QED) is 0.618. The van der Waals surface area contributed by atoms with E-state index < -0.39 is 5.82 Å². The molecule has 6 heteroatoms. The Morgan fingerprint density at radius 3 is 2.71 bits per heavy atom. The van der Waals surface area contributed by atoms with E-state index in [0.717, 1.165) is 17.1 Å². The predicted octanol–water partition coefficient (Wildman–Crippen LogP) is 4.13. The number of rotatable bonds is 7. The number of halogens is 1. The third kappa shape index (κ3) is 4.39. The van der Waals surface area contributed by atoms with Gasteiger partial charge in [-0.3, -0.25) is 4.79 Å². The Balaban J connectivity index is 1.82. The molecule has 0 fully saturated rings. The number of carbonyl (C=O) groups is 1. The van der Waals surface area contributed by atoms with Crippen molar-refractivity contribution in [2.45, 2.75) is 33.0 Å². The highest BCUT2D eigenvalue weighted by molar-refractivity contribution is 5.94. The van der Waals surface area contributed by atoms with Crippen LogP contribution < -0.4 is 4.74 Å². The zero-order chi connectivity index (χ0) is 20.1. The molecule has 5 nitrogen and oxygen atoms in total. The maximum Gasteiger partial charge on any atom is 0.257 e. The average molecular weight is 381 g/mol. The molecule has 0 saturated carbocycles. The van der Waals surface area contributed by atoms with Gasteiger partial charge in [-0.05, 0) is 43.7 Å². The number of amides is 1. The summed E-state index contributed by atoms with van der Waals surface area (Å²) in [7, 11) is 1.64. The van der Waals surface area contributed by atoms with Crippen LogP contribution >= 0.6 is 0 Å². The molecule has 0 aliphatic carbocycles. The maximum absolute atomic E-state index is 14.1. The van der Waals surface area contributed by atoms with Gasteiger partial charge in [-0.15, -0.1) is 0 Å². The molecule has 1 heterocycles. The fourth-order valence-corrected chi connectivity index (χ4v) is 3.03. The summed E-state index contributed by atoms with van der Waals surface area (Å²) in [5.74, 6) is 0.667. The van der Waals surface area contributed by atoms with Gasteiger partial charge in [0.05, 0.1) is 19.2 Å². The standard InChI is InChI=1S/C22H24FN3O2/c1-16(2)26(22(27)19-9-4-5-10-20(19)23)15-21-24-11-12-25(21)14-17-7-6-8-18(13-17)28-3/h4-13,16H,14-15H2,1-3H3. The van der Waals surface area contributed by atoms with E-state index in [2.05, 4.69) is 4.98 Å². The Morgan fingerprint density at radius 2 is 2.00 bits per heavy atom. The van der Waals surface area contributed by atoms with Crippen molar-refractivity contribution < 1.29 is 13.9 Å². The Hall–Kier alpha value is -3.15. The number of imidazole rings is 1. The SMILES string of the molecule is COc1cccc(Cn2ccnc2CN(C(=O)c2ccccc2F)C(C)C)c1. The van der Waals surface area contributed by atoms with Crippen LogP contribution in [0.15, 0.2) is 60.9 Å². The van der Waals surface area contributed by atoms with Gasteiger partial charge >= 0.3 is 0 Å². The molecule has 1 aromatic heterocycles. The molecule has 0 atom stereocenters. The van der Waals surface area contributed by atoms with Crippen LogP contribution in [0.1, 0.15) is 35.6 Å². The Bertz CT molecular complexity index is 952. The summed E-state index contributed by atoms with van der Waals surface area (Å²) < 4.78 is 21.4. The number of nitrogens with zero attached hydrogens (tertiary/aromatic N) is 3. The number of benzene rings is 2. The van der Waals surface area contributed by atoms with Gasteiger partial charge in [0.25, 0.3) is 5.91 Å².